The maximum Gasteiger partial charge on any atom is 0.419 e. The number of thiazole rings is 1. The van der Waals surface area contributed by atoms with E-state index in [2.05, 4.69) is 10.3 Å². The lowest BCUT2D eigenvalue weighted by Crippen LogP contribution is -2.29. The Bertz CT molecular complexity index is 954. The summed E-state index contributed by atoms with van der Waals surface area (Å²) in [6.07, 6.45) is 0.228. The molecule has 7 heteroatoms. The lowest BCUT2D eigenvalue weighted by Gasteiger charge is -2.10. The number of aryl methyl sites for hydroxylation is 3. The monoisotopic (exact) mass is 359 g/mol. The van der Waals surface area contributed by atoms with E-state index in [-0.39, 0.29) is 18.2 Å². The smallest absolute Gasteiger partial charge is 0.408 e. The molecule has 1 N–H and O–H groups in total. The zero-order valence-electron chi connectivity index (χ0n) is 14.5. The van der Waals surface area contributed by atoms with Crippen LogP contribution >= 0.6 is 11.3 Å². The van der Waals surface area contributed by atoms with Crippen molar-refractivity contribution in [3.63, 3.8) is 0 Å². The first-order chi connectivity index (χ1) is 11.9. The molecule has 0 bridgehead atoms. The standard InChI is InChI=1S/C18H21N3O3S/c1-11-4-5-15-14(8-11)21(18(23)24-15)7-6-16(22)19-9-12(2)17-20-13(3)10-25-17/h4-5,8,10,12H,6-7,9H2,1-3H3,(H,19,22)/t12-/m1/s1. The third-order valence-corrected chi connectivity index (χ3v) is 5.24. The minimum atomic E-state index is -0.431. The molecule has 1 atom stereocenters. The predicted molar refractivity (Wildman–Crippen MR) is 98.1 cm³/mol. The molecule has 0 radical (unpaired) electrons. The number of carbonyl (C=O) groups excluding carboxylic acids is 1. The normalized spacial score (nSPS) is 12.4. The average Bonchev–Trinajstić information content (AvgIpc) is 3.13. The number of hydrogen-bond donors (Lipinski definition) is 1. The van der Waals surface area contributed by atoms with Crippen LogP contribution in [0.25, 0.3) is 11.1 Å². The molecule has 25 heavy (non-hydrogen) atoms. The number of oxazole rings is 1. The molecule has 1 amide bonds. The fourth-order valence-corrected chi connectivity index (χ4v) is 3.49. The molecule has 0 unspecified atom stereocenters. The van der Waals surface area contributed by atoms with E-state index in [4.69, 9.17) is 4.42 Å². The van der Waals surface area contributed by atoms with Crippen LogP contribution in [-0.4, -0.2) is 22.0 Å². The lowest BCUT2D eigenvalue weighted by molar-refractivity contribution is -0.121. The molecule has 0 saturated carbocycles. The number of benzene rings is 1. The van der Waals surface area contributed by atoms with Gasteiger partial charge in [-0.15, -0.1) is 11.3 Å². The van der Waals surface area contributed by atoms with E-state index in [0.29, 0.717) is 18.7 Å². The molecule has 6 nitrogen and oxygen atoms in total. The molecule has 0 aliphatic carbocycles. The average molecular weight is 359 g/mol. The maximum atomic E-state index is 12.1. The minimum Gasteiger partial charge on any atom is -0.408 e. The molecule has 0 spiro atoms. The first kappa shape index (κ1) is 17.4. The van der Waals surface area contributed by atoms with Gasteiger partial charge in [0.25, 0.3) is 0 Å². The Morgan fingerprint density at radius 3 is 2.92 bits per heavy atom. The summed E-state index contributed by atoms with van der Waals surface area (Å²) < 4.78 is 6.72. The Kier molecular flexibility index (Phi) is 5.03. The van der Waals surface area contributed by atoms with Gasteiger partial charge in [0.05, 0.1) is 10.5 Å². The number of carbonyl (C=O) groups is 1. The second-order valence-corrected chi connectivity index (χ2v) is 7.16. The van der Waals surface area contributed by atoms with Crippen molar-refractivity contribution in [3.8, 4) is 0 Å². The van der Waals surface area contributed by atoms with Gasteiger partial charge in [-0.3, -0.25) is 9.36 Å². The molecule has 0 aliphatic heterocycles. The highest BCUT2D eigenvalue weighted by Crippen LogP contribution is 2.19. The fourth-order valence-electron chi connectivity index (χ4n) is 2.64. The van der Waals surface area contributed by atoms with Crippen molar-refractivity contribution in [1.29, 1.82) is 0 Å². The van der Waals surface area contributed by atoms with Gasteiger partial charge >= 0.3 is 5.76 Å². The van der Waals surface area contributed by atoms with Crippen LogP contribution in [-0.2, 0) is 11.3 Å². The van der Waals surface area contributed by atoms with Gasteiger partial charge in [0.1, 0.15) is 0 Å². The van der Waals surface area contributed by atoms with Crippen LogP contribution in [0.15, 0.2) is 32.8 Å². The SMILES string of the molecule is Cc1ccc2oc(=O)n(CCC(=O)NC[C@@H](C)c3nc(C)cs3)c2c1. The van der Waals surface area contributed by atoms with Crippen molar-refractivity contribution in [2.75, 3.05) is 6.54 Å². The van der Waals surface area contributed by atoms with Crippen molar-refractivity contribution in [3.05, 3.63) is 50.4 Å². The molecule has 0 saturated heterocycles. The number of rotatable bonds is 6. The van der Waals surface area contributed by atoms with Gasteiger partial charge in [-0.2, -0.15) is 0 Å². The van der Waals surface area contributed by atoms with Gasteiger partial charge < -0.3 is 9.73 Å². The summed E-state index contributed by atoms with van der Waals surface area (Å²) in [5.41, 5.74) is 3.31. The highest BCUT2D eigenvalue weighted by molar-refractivity contribution is 7.09. The zero-order chi connectivity index (χ0) is 18.0. The largest absolute Gasteiger partial charge is 0.419 e. The molecule has 2 aromatic heterocycles. The van der Waals surface area contributed by atoms with Crippen LogP contribution in [0.4, 0.5) is 0 Å². The zero-order valence-corrected chi connectivity index (χ0v) is 15.4. The van der Waals surface area contributed by atoms with E-state index in [1.54, 1.807) is 17.4 Å². The molecule has 0 fully saturated rings. The third kappa shape index (κ3) is 3.99. The Morgan fingerprint density at radius 1 is 1.40 bits per heavy atom. The van der Waals surface area contributed by atoms with Crippen LogP contribution in [0.2, 0.25) is 0 Å². The van der Waals surface area contributed by atoms with Crippen molar-refractivity contribution < 1.29 is 9.21 Å². The summed E-state index contributed by atoms with van der Waals surface area (Å²) in [5, 5.41) is 5.94. The van der Waals surface area contributed by atoms with E-state index in [1.807, 2.05) is 38.3 Å². The third-order valence-electron chi connectivity index (χ3n) is 4.05. The van der Waals surface area contributed by atoms with Crippen LogP contribution < -0.4 is 11.1 Å². The first-order valence-corrected chi connectivity index (χ1v) is 9.10. The molecule has 2 heterocycles. The van der Waals surface area contributed by atoms with Crippen LogP contribution in [0, 0.1) is 13.8 Å². The van der Waals surface area contributed by atoms with E-state index in [0.717, 1.165) is 21.8 Å². The minimum absolute atomic E-state index is 0.0889. The summed E-state index contributed by atoms with van der Waals surface area (Å²) in [6.45, 7) is 6.78. The van der Waals surface area contributed by atoms with E-state index in [9.17, 15) is 9.59 Å². The van der Waals surface area contributed by atoms with Crippen LogP contribution in [0.5, 0.6) is 0 Å². The topological polar surface area (TPSA) is 77.1 Å². The van der Waals surface area contributed by atoms with Crippen molar-refractivity contribution in [2.45, 2.75) is 39.7 Å². The summed E-state index contributed by atoms with van der Waals surface area (Å²) in [4.78, 5) is 28.5. The number of aromatic nitrogens is 2. The molecule has 132 valence electrons. The van der Waals surface area contributed by atoms with Crippen molar-refractivity contribution >= 4 is 28.3 Å². The van der Waals surface area contributed by atoms with Crippen LogP contribution in [0.3, 0.4) is 0 Å². The number of fused-ring (bicyclic) bond motifs is 1. The Balaban J connectivity index is 1.58. The van der Waals surface area contributed by atoms with Gasteiger partial charge in [0, 0.05) is 36.5 Å². The summed E-state index contributed by atoms with van der Waals surface area (Å²) in [7, 11) is 0. The quantitative estimate of drug-likeness (QED) is 0.734. The van der Waals surface area contributed by atoms with Crippen molar-refractivity contribution in [1.82, 2.24) is 14.9 Å². The number of hydrogen-bond acceptors (Lipinski definition) is 5. The molecular weight excluding hydrogens is 338 g/mol. The number of nitrogens with one attached hydrogen (secondary N) is 1. The molecule has 3 aromatic rings. The fraction of sp³-hybridized carbons (Fsp3) is 0.389. The lowest BCUT2D eigenvalue weighted by atomic mass is 10.2. The van der Waals surface area contributed by atoms with Crippen molar-refractivity contribution in [2.24, 2.45) is 0 Å². The Labute approximate surface area is 149 Å². The van der Waals surface area contributed by atoms with Gasteiger partial charge in [-0.05, 0) is 31.5 Å². The molecule has 3 rings (SSSR count). The molecule has 0 aliphatic rings. The predicted octanol–water partition coefficient (Wildman–Crippen LogP) is 2.98. The Hall–Kier alpha value is -2.41. The Morgan fingerprint density at radius 2 is 2.20 bits per heavy atom. The summed E-state index contributed by atoms with van der Waals surface area (Å²) >= 11 is 1.61. The van der Waals surface area contributed by atoms with Gasteiger partial charge in [0.15, 0.2) is 5.58 Å². The number of nitrogens with zero attached hydrogens (tertiary/aromatic N) is 2. The van der Waals surface area contributed by atoms with Gasteiger partial charge in [0.2, 0.25) is 5.91 Å². The van der Waals surface area contributed by atoms with E-state index >= 15 is 0 Å². The van der Waals surface area contributed by atoms with E-state index in [1.165, 1.54) is 4.57 Å². The van der Waals surface area contributed by atoms with Crippen LogP contribution in [0.1, 0.15) is 35.5 Å². The second-order valence-electron chi connectivity index (χ2n) is 6.27. The molecular formula is C18H21N3O3S. The van der Waals surface area contributed by atoms with Gasteiger partial charge in [-0.1, -0.05) is 13.0 Å². The highest BCUT2D eigenvalue weighted by Gasteiger charge is 2.13. The van der Waals surface area contributed by atoms with Gasteiger partial charge in [-0.25, -0.2) is 9.78 Å². The summed E-state index contributed by atoms with van der Waals surface area (Å²) in [5.74, 6) is -0.350. The second kappa shape index (κ2) is 7.23. The highest BCUT2D eigenvalue weighted by atomic mass is 32.1. The number of amides is 1. The maximum absolute atomic E-state index is 12.1. The van der Waals surface area contributed by atoms with E-state index < -0.39 is 5.76 Å². The summed E-state index contributed by atoms with van der Waals surface area (Å²) in [6, 6.07) is 5.56. The molecule has 1 aromatic carbocycles. The first-order valence-electron chi connectivity index (χ1n) is 8.23.